The lowest BCUT2D eigenvalue weighted by atomic mass is 9.87. The van der Waals surface area contributed by atoms with Gasteiger partial charge in [0.2, 0.25) is 5.91 Å². The molecule has 0 N–H and O–H groups in total. The molecule has 0 bridgehead atoms. The first-order valence-electron chi connectivity index (χ1n) is 10.9. The van der Waals surface area contributed by atoms with Gasteiger partial charge in [-0.1, -0.05) is 56.8 Å². The van der Waals surface area contributed by atoms with Crippen molar-refractivity contribution in [3.63, 3.8) is 0 Å². The summed E-state index contributed by atoms with van der Waals surface area (Å²) in [5.41, 5.74) is 2.36. The third-order valence-electron chi connectivity index (χ3n) is 5.59. The predicted octanol–water partition coefficient (Wildman–Crippen LogP) is 4.99. The molecule has 1 aliphatic rings. The first-order valence-corrected chi connectivity index (χ1v) is 11.8. The topological polar surface area (TPSA) is 64.2 Å². The van der Waals surface area contributed by atoms with Crippen LogP contribution in [0.5, 0.6) is 0 Å². The highest BCUT2D eigenvalue weighted by Gasteiger charge is 2.31. The SMILES string of the molecule is CCN(C(=O)CSc1nnc(-c2ccc(C(C)(C)C)cc2)n1Cc1ccco1)C1CC1. The van der Waals surface area contributed by atoms with Crippen LogP contribution in [-0.2, 0) is 16.8 Å². The standard InChI is InChI=1S/C24H30N4O2S/c1-5-27(19-12-13-19)21(29)16-31-23-26-25-22(28(23)15-20-7-6-14-30-20)17-8-10-18(11-9-17)24(2,3)4/h6-11,14,19H,5,12-13,15-16H2,1-4H3. The normalized spacial score (nSPS) is 14.1. The van der Waals surface area contributed by atoms with Crippen molar-refractivity contribution in [2.24, 2.45) is 0 Å². The first-order chi connectivity index (χ1) is 14.9. The number of nitrogens with zero attached hydrogens (tertiary/aromatic N) is 4. The Hall–Kier alpha value is -2.54. The van der Waals surface area contributed by atoms with Gasteiger partial charge in [0.15, 0.2) is 11.0 Å². The molecule has 1 aliphatic carbocycles. The number of aromatic nitrogens is 3. The van der Waals surface area contributed by atoms with E-state index in [9.17, 15) is 4.79 Å². The highest BCUT2D eigenvalue weighted by molar-refractivity contribution is 7.99. The first kappa shape index (κ1) is 21.7. The maximum atomic E-state index is 12.7. The predicted molar refractivity (Wildman–Crippen MR) is 123 cm³/mol. The van der Waals surface area contributed by atoms with E-state index < -0.39 is 0 Å². The average molecular weight is 439 g/mol. The van der Waals surface area contributed by atoms with E-state index >= 15 is 0 Å². The molecule has 1 saturated carbocycles. The van der Waals surface area contributed by atoms with Crippen molar-refractivity contribution < 1.29 is 9.21 Å². The van der Waals surface area contributed by atoms with Gasteiger partial charge in [0.1, 0.15) is 5.76 Å². The number of carbonyl (C=O) groups is 1. The van der Waals surface area contributed by atoms with Crippen LogP contribution in [-0.4, -0.2) is 43.9 Å². The molecule has 0 saturated heterocycles. The van der Waals surface area contributed by atoms with Gasteiger partial charge >= 0.3 is 0 Å². The number of hydrogen-bond acceptors (Lipinski definition) is 5. The Bertz CT molecular complexity index is 1020. The lowest BCUT2D eigenvalue weighted by Gasteiger charge is -2.20. The third kappa shape index (κ3) is 5.03. The Kier molecular flexibility index (Phi) is 6.23. The summed E-state index contributed by atoms with van der Waals surface area (Å²) in [7, 11) is 0. The van der Waals surface area contributed by atoms with Crippen LogP contribution in [0.15, 0.2) is 52.2 Å². The van der Waals surface area contributed by atoms with Gasteiger partial charge in [0, 0.05) is 18.2 Å². The zero-order valence-electron chi connectivity index (χ0n) is 18.7. The fourth-order valence-corrected chi connectivity index (χ4v) is 4.49. The molecule has 0 spiro atoms. The van der Waals surface area contributed by atoms with Crippen LogP contribution in [0, 0.1) is 0 Å². The molecule has 0 radical (unpaired) electrons. The van der Waals surface area contributed by atoms with E-state index in [-0.39, 0.29) is 11.3 Å². The lowest BCUT2D eigenvalue weighted by Crippen LogP contribution is -2.34. The van der Waals surface area contributed by atoms with E-state index in [1.165, 1.54) is 17.3 Å². The maximum Gasteiger partial charge on any atom is 0.233 e. The zero-order valence-corrected chi connectivity index (χ0v) is 19.5. The summed E-state index contributed by atoms with van der Waals surface area (Å²) in [6.45, 7) is 9.93. The molecule has 4 rings (SSSR count). The minimum Gasteiger partial charge on any atom is -0.467 e. The van der Waals surface area contributed by atoms with Crippen LogP contribution in [0.3, 0.4) is 0 Å². The molecule has 164 valence electrons. The van der Waals surface area contributed by atoms with E-state index in [0.717, 1.165) is 41.7 Å². The summed E-state index contributed by atoms with van der Waals surface area (Å²) in [5.74, 6) is 2.14. The molecule has 0 unspecified atom stereocenters. The molecule has 0 aliphatic heterocycles. The van der Waals surface area contributed by atoms with E-state index in [1.807, 2.05) is 28.5 Å². The van der Waals surface area contributed by atoms with Crippen LogP contribution in [0.2, 0.25) is 0 Å². The summed E-state index contributed by atoms with van der Waals surface area (Å²) >= 11 is 1.45. The molecule has 0 atom stereocenters. The van der Waals surface area contributed by atoms with Crippen molar-refractivity contribution in [2.75, 3.05) is 12.3 Å². The molecule has 1 amide bonds. The Morgan fingerprint density at radius 2 is 1.94 bits per heavy atom. The van der Waals surface area contributed by atoms with Crippen LogP contribution in [0.4, 0.5) is 0 Å². The van der Waals surface area contributed by atoms with Gasteiger partial charge < -0.3 is 9.32 Å². The largest absolute Gasteiger partial charge is 0.467 e. The Morgan fingerprint density at radius 1 is 1.19 bits per heavy atom. The maximum absolute atomic E-state index is 12.7. The molecule has 6 nitrogen and oxygen atoms in total. The summed E-state index contributed by atoms with van der Waals surface area (Å²) in [5, 5.41) is 9.63. The fraction of sp³-hybridized carbons (Fsp3) is 0.458. The number of rotatable bonds is 8. The van der Waals surface area contributed by atoms with Crippen LogP contribution in [0.1, 0.15) is 51.9 Å². The van der Waals surface area contributed by atoms with Gasteiger partial charge in [-0.15, -0.1) is 10.2 Å². The van der Waals surface area contributed by atoms with Crippen LogP contribution in [0.25, 0.3) is 11.4 Å². The molecule has 2 heterocycles. The highest BCUT2D eigenvalue weighted by Crippen LogP contribution is 2.30. The highest BCUT2D eigenvalue weighted by atomic mass is 32.2. The molecule has 7 heteroatoms. The second kappa shape index (κ2) is 8.91. The Balaban J connectivity index is 1.58. The van der Waals surface area contributed by atoms with Crippen molar-refractivity contribution >= 4 is 17.7 Å². The summed E-state index contributed by atoms with van der Waals surface area (Å²) in [6, 6.07) is 12.7. The molecule has 1 aromatic carbocycles. The monoisotopic (exact) mass is 438 g/mol. The van der Waals surface area contributed by atoms with E-state index in [0.29, 0.717) is 18.3 Å². The van der Waals surface area contributed by atoms with Gasteiger partial charge in [0.05, 0.1) is 18.6 Å². The number of benzene rings is 1. The second-order valence-electron chi connectivity index (χ2n) is 9.00. The van der Waals surface area contributed by atoms with Crippen LogP contribution < -0.4 is 0 Å². The van der Waals surface area contributed by atoms with Gasteiger partial charge in [-0.2, -0.15) is 0 Å². The molecule has 2 aromatic heterocycles. The van der Waals surface area contributed by atoms with Crippen molar-refractivity contribution in [1.82, 2.24) is 19.7 Å². The van der Waals surface area contributed by atoms with Crippen molar-refractivity contribution in [2.45, 2.75) is 63.7 Å². The number of amides is 1. The average Bonchev–Trinajstić information content (AvgIpc) is 3.29. The molecular formula is C24H30N4O2S. The van der Waals surface area contributed by atoms with Crippen molar-refractivity contribution in [1.29, 1.82) is 0 Å². The summed E-state index contributed by atoms with van der Waals surface area (Å²) in [6.07, 6.45) is 3.91. The van der Waals surface area contributed by atoms with Crippen LogP contribution >= 0.6 is 11.8 Å². The van der Waals surface area contributed by atoms with Gasteiger partial charge in [-0.05, 0) is 42.9 Å². The second-order valence-corrected chi connectivity index (χ2v) is 9.94. The summed E-state index contributed by atoms with van der Waals surface area (Å²) < 4.78 is 7.61. The third-order valence-corrected chi connectivity index (χ3v) is 6.54. The zero-order chi connectivity index (χ0) is 22.0. The minimum atomic E-state index is 0.0917. The number of carbonyl (C=O) groups excluding carboxylic acids is 1. The van der Waals surface area contributed by atoms with Crippen molar-refractivity contribution in [3.8, 4) is 11.4 Å². The van der Waals surface area contributed by atoms with Gasteiger partial charge in [0.25, 0.3) is 0 Å². The van der Waals surface area contributed by atoms with E-state index in [4.69, 9.17) is 4.42 Å². The van der Waals surface area contributed by atoms with E-state index in [2.05, 4.69) is 55.2 Å². The lowest BCUT2D eigenvalue weighted by molar-refractivity contribution is -0.128. The smallest absolute Gasteiger partial charge is 0.233 e. The molecule has 3 aromatic rings. The number of thioether (sulfide) groups is 1. The molecule has 1 fully saturated rings. The molecule has 31 heavy (non-hydrogen) atoms. The molecular weight excluding hydrogens is 408 g/mol. The minimum absolute atomic E-state index is 0.0917. The summed E-state index contributed by atoms with van der Waals surface area (Å²) in [4.78, 5) is 14.7. The number of furan rings is 1. The number of hydrogen-bond donors (Lipinski definition) is 0. The Labute approximate surface area is 188 Å². The van der Waals surface area contributed by atoms with Gasteiger partial charge in [-0.25, -0.2) is 0 Å². The van der Waals surface area contributed by atoms with Crippen molar-refractivity contribution in [3.05, 3.63) is 54.0 Å². The fourth-order valence-electron chi connectivity index (χ4n) is 3.66. The van der Waals surface area contributed by atoms with E-state index in [1.54, 1.807) is 6.26 Å². The Morgan fingerprint density at radius 3 is 2.52 bits per heavy atom. The van der Waals surface area contributed by atoms with Gasteiger partial charge in [-0.3, -0.25) is 9.36 Å². The quantitative estimate of drug-likeness (QED) is 0.464.